The van der Waals surface area contributed by atoms with E-state index in [4.69, 9.17) is 11.6 Å². The molecule has 8 heteroatoms. The van der Waals surface area contributed by atoms with E-state index in [9.17, 15) is 14.9 Å². The predicted octanol–water partition coefficient (Wildman–Crippen LogP) is 3.03. The normalized spacial score (nSPS) is 11.9. The number of benzene rings is 1. The number of carbonyl (C=O) groups is 1. The van der Waals surface area contributed by atoms with Crippen LogP contribution in [0.4, 0.5) is 11.4 Å². The lowest BCUT2D eigenvalue weighted by Crippen LogP contribution is -2.25. The van der Waals surface area contributed by atoms with E-state index in [0.29, 0.717) is 17.1 Å². The third kappa shape index (κ3) is 3.57. The molecule has 0 saturated heterocycles. The molecule has 0 fully saturated rings. The summed E-state index contributed by atoms with van der Waals surface area (Å²) in [4.78, 5) is 22.3. The number of anilines is 1. The van der Waals surface area contributed by atoms with Gasteiger partial charge in [-0.2, -0.15) is 5.10 Å². The number of non-ortho nitro benzene ring substituents is 1. The third-order valence-corrected chi connectivity index (χ3v) is 3.12. The van der Waals surface area contributed by atoms with Crippen molar-refractivity contribution < 1.29 is 9.72 Å². The minimum Gasteiger partial charge on any atom is -0.324 e. The quantitative estimate of drug-likeness (QED) is 0.679. The standard InChI is InChI=1S/C13H13ClN4O3/c1-2-12(17-8-9(14)7-15-17)13(19)16-10-3-5-11(6-4-10)18(20)21/h3-8,12H,2H2,1H3,(H,16,19). The summed E-state index contributed by atoms with van der Waals surface area (Å²) in [6.45, 7) is 1.86. The van der Waals surface area contributed by atoms with Crippen LogP contribution in [0.5, 0.6) is 0 Å². The lowest BCUT2D eigenvalue weighted by Gasteiger charge is -2.15. The molecule has 1 amide bonds. The second-order valence-electron chi connectivity index (χ2n) is 4.36. The molecule has 1 N–H and O–H groups in total. The number of nitrogens with zero attached hydrogens (tertiary/aromatic N) is 3. The zero-order valence-corrected chi connectivity index (χ0v) is 11.9. The molecular weight excluding hydrogens is 296 g/mol. The average Bonchev–Trinajstić information content (AvgIpc) is 2.86. The lowest BCUT2D eigenvalue weighted by atomic mass is 10.2. The zero-order valence-electron chi connectivity index (χ0n) is 11.2. The van der Waals surface area contributed by atoms with Gasteiger partial charge in [-0.25, -0.2) is 0 Å². The van der Waals surface area contributed by atoms with Gasteiger partial charge in [0.25, 0.3) is 5.69 Å². The maximum absolute atomic E-state index is 12.2. The van der Waals surface area contributed by atoms with Crippen molar-refractivity contribution in [3.8, 4) is 0 Å². The van der Waals surface area contributed by atoms with Gasteiger partial charge >= 0.3 is 0 Å². The van der Waals surface area contributed by atoms with Crippen LogP contribution in [0.25, 0.3) is 0 Å². The Bertz CT molecular complexity index is 654. The monoisotopic (exact) mass is 308 g/mol. The van der Waals surface area contributed by atoms with Crippen molar-refractivity contribution in [1.29, 1.82) is 0 Å². The molecule has 1 heterocycles. The van der Waals surface area contributed by atoms with Crippen molar-refractivity contribution in [2.75, 3.05) is 5.32 Å². The fourth-order valence-corrected chi connectivity index (χ4v) is 2.01. The van der Waals surface area contributed by atoms with Crippen molar-refractivity contribution in [3.05, 3.63) is 51.8 Å². The number of aromatic nitrogens is 2. The van der Waals surface area contributed by atoms with Crippen molar-refractivity contribution >= 4 is 28.9 Å². The van der Waals surface area contributed by atoms with Crippen LogP contribution in [0, 0.1) is 10.1 Å². The van der Waals surface area contributed by atoms with Crippen molar-refractivity contribution in [3.63, 3.8) is 0 Å². The SMILES string of the molecule is CCC(C(=O)Nc1ccc([N+](=O)[O-])cc1)n1cc(Cl)cn1. The Morgan fingerprint density at radius 3 is 2.62 bits per heavy atom. The molecule has 0 spiro atoms. The summed E-state index contributed by atoms with van der Waals surface area (Å²) >= 11 is 5.79. The van der Waals surface area contributed by atoms with E-state index in [1.165, 1.54) is 35.1 Å². The van der Waals surface area contributed by atoms with E-state index in [2.05, 4.69) is 10.4 Å². The van der Waals surface area contributed by atoms with Crippen LogP contribution in [0.2, 0.25) is 5.02 Å². The number of nitrogens with one attached hydrogen (secondary N) is 1. The highest BCUT2D eigenvalue weighted by Gasteiger charge is 2.19. The molecule has 0 saturated carbocycles. The maximum atomic E-state index is 12.2. The fraction of sp³-hybridized carbons (Fsp3) is 0.231. The molecular formula is C13H13ClN4O3. The van der Waals surface area contributed by atoms with Gasteiger partial charge in [-0.1, -0.05) is 18.5 Å². The Morgan fingerprint density at radius 2 is 2.14 bits per heavy atom. The van der Waals surface area contributed by atoms with E-state index in [0.717, 1.165) is 0 Å². The van der Waals surface area contributed by atoms with Gasteiger partial charge in [0, 0.05) is 24.0 Å². The molecule has 1 aromatic carbocycles. The van der Waals surface area contributed by atoms with Gasteiger partial charge in [-0.15, -0.1) is 0 Å². The summed E-state index contributed by atoms with van der Waals surface area (Å²) in [6, 6.07) is 5.15. The highest BCUT2D eigenvalue weighted by molar-refractivity contribution is 6.30. The molecule has 110 valence electrons. The second-order valence-corrected chi connectivity index (χ2v) is 4.79. The number of rotatable bonds is 5. The van der Waals surface area contributed by atoms with Crippen LogP contribution in [0.15, 0.2) is 36.7 Å². The van der Waals surface area contributed by atoms with Gasteiger partial charge in [0.2, 0.25) is 5.91 Å². The van der Waals surface area contributed by atoms with Crippen LogP contribution in [0.3, 0.4) is 0 Å². The third-order valence-electron chi connectivity index (χ3n) is 2.92. The number of carbonyl (C=O) groups excluding carboxylic acids is 1. The fourth-order valence-electron chi connectivity index (χ4n) is 1.87. The molecule has 2 rings (SSSR count). The minimum absolute atomic E-state index is 0.0288. The van der Waals surface area contributed by atoms with Gasteiger partial charge in [0.05, 0.1) is 16.1 Å². The van der Waals surface area contributed by atoms with Crippen LogP contribution in [-0.2, 0) is 4.79 Å². The van der Waals surface area contributed by atoms with Gasteiger partial charge in [0.1, 0.15) is 6.04 Å². The molecule has 0 aliphatic heterocycles. The van der Waals surface area contributed by atoms with Crippen LogP contribution < -0.4 is 5.32 Å². The highest BCUT2D eigenvalue weighted by atomic mass is 35.5. The minimum atomic E-state index is -0.494. The Morgan fingerprint density at radius 1 is 1.48 bits per heavy atom. The average molecular weight is 309 g/mol. The van der Waals surface area contributed by atoms with Crippen molar-refractivity contribution in [2.45, 2.75) is 19.4 Å². The Kier molecular flexibility index (Phi) is 4.54. The van der Waals surface area contributed by atoms with Crippen molar-refractivity contribution in [2.24, 2.45) is 0 Å². The summed E-state index contributed by atoms with van der Waals surface area (Å²) in [6.07, 6.45) is 3.57. The molecule has 1 aromatic heterocycles. The van der Waals surface area contributed by atoms with Gasteiger partial charge < -0.3 is 5.32 Å². The lowest BCUT2D eigenvalue weighted by molar-refractivity contribution is -0.384. The molecule has 7 nitrogen and oxygen atoms in total. The topological polar surface area (TPSA) is 90.1 Å². The molecule has 0 aliphatic carbocycles. The van der Waals surface area contributed by atoms with Gasteiger partial charge in [0.15, 0.2) is 0 Å². The first-order valence-corrected chi connectivity index (χ1v) is 6.64. The van der Waals surface area contributed by atoms with E-state index in [-0.39, 0.29) is 11.6 Å². The molecule has 21 heavy (non-hydrogen) atoms. The van der Waals surface area contributed by atoms with E-state index in [1.54, 1.807) is 6.20 Å². The first-order chi connectivity index (χ1) is 10.0. The largest absolute Gasteiger partial charge is 0.324 e. The predicted molar refractivity (Wildman–Crippen MR) is 78.3 cm³/mol. The van der Waals surface area contributed by atoms with Crippen molar-refractivity contribution in [1.82, 2.24) is 9.78 Å². The molecule has 0 bridgehead atoms. The first-order valence-electron chi connectivity index (χ1n) is 6.26. The Labute approximate surface area is 125 Å². The molecule has 0 radical (unpaired) electrons. The second kappa shape index (κ2) is 6.36. The molecule has 0 aliphatic rings. The van der Waals surface area contributed by atoms with Crippen LogP contribution in [-0.4, -0.2) is 20.6 Å². The number of halogens is 1. The maximum Gasteiger partial charge on any atom is 0.269 e. The van der Waals surface area contributed by atoms with E-state index in [1.807, 2.05) is 6.92 Å². The number of nitro groups is 1. The van der Waals surface area contributed by atoms with Crippen LogP contribution >= 0.6 is 11.6 Å². The smallest absolute Gasteiger partial charge is 0.269 e. The Hall–Kier alpha value is -2.41. The summed E-state index contributed by atoms with van der Waals surface area (Å²) in [5.41, 5.74) is 0.459. The number of hydrogen-bond acceptors (Lipinski definition) is 4. The van der Waals surface area contributed by atoms with Crippen LogP contribution in [0.1, 0.15) is 19.4 Å². The Balaban J connectivity index is 2.10. The molecule has 1 unspecified atom stereocenters. The first kappa shape index (κ1) is 15.0. The summed E-state index contributed by atoms with van der Waals surface area (Å²) < 4.78 is 1.49. The number of hydrogen-bond donors (Lipinski definition) is 1. The summed E-state index contributed by atoms with van der Waals surface area (Å²) in [5, 5.41) is 17.7. The summed E-state index contributed by atoms with van der Waals surface area (Å²) in [7, 11) is 0. The zero-order chi connectivity index (χ0) is 15.4. The van der Waals surface area contributed by atoms with E-state index >= 15 is 0 Å². The van der Waals surface area contributed by atoms with E-state index < -0.39 is 11.0 Å². The van der Waals surface area contributed by atoms with Gasteiger partial charge in [-0.3, -0.25) is 19.6 Å². The number of amides is 1. The van der Waals surface area contributed by atoms with Gasteiger partial charge in [-0.05, 0) is 18.6 Å². The molecule has 1 atom stereocenters. The molecule has 2 aromatic rings. The highest BCUT2D eigenvalue weighted by Crippen LogP contribution is 2.19. The summed E-state index contributed by atoms with van der Waals surface area (Å²) in [5.74, 6) is -0.258. The number of nitro benzene ring substituents is 1.